The van der Waals surface area contributed by atoms with Crippen molar-refractivity contribution in [2.75, 3.05) is 0 Å². The van der Waals surface area contributed by atoms with Crippen LogP contribution >= 0.6 is 0 Å². The molecule has 5 atom stereocenters. The van der Waals surface area contributed by atoms with Crippen LogP contribution < -0.4 is 0 Å². The Labute approximate surface area is 133 Å². The zero-order chi connectivity index (χ0) is 15.7. The third-order valence-corrected chi connectivity index (χ3v) is 5.08. The predicted molar refractivity (Wildman–Crippen MR) is 85.3 cm³/mol. The maximum atomic E-state index is 12.4. The normalized spacial score (nSPS) is 34.5. The van der Waals surface area contributed by atoms with Crippen molar-refractivity contribution in [3.63, 3.8) is 0 Å². The van der Waals surface area contributed by atoms with Gasteiger partial charge in [-0.05, 0) is 36.2 Å². The quantitative estimate of drug-likeness (QED) is 0.620. The van der Waals surface area contributed by atoms with Crippen molar-refractivity contribution in [1.82, 2.24) is 0 Å². The summed E-state index contributed by atoms with van der Waals surface area (Å²) >= 11 is 0. The number of ether oxygens (including phenoxy) is 2. The number of benzene rings is 1. The summed E-state index contributed by atoms with van der Waals surface area (Å²) in [5.41, 5.74) is 1.06. The van der Waals surface area contributed by atoms with E-state index in [0.717, 1.165) is 18.4 Å². The van der Waals surface area contributed by atoms with Gasteiger partial charge in [-0.1, -0.05) is 57.5 Å². The summed E-state index contributed by atoms with van der Waals surface area (Å²) in [5.74, 6) is 1.49. The molecule has 1 aliphatic carbocycles. The lowest BCUT2D eigenvalue weighted by Crippen LogP contribution is -2.36. The second-order valence-corrected chi connectivity index (χ2v) is 7.19. The molecule has 1 aromatic rings. The van der Waals surface area contributed by atoms with Crippen molar-refractivity contribution >= 4 is 5.97 Å². The van der Waals surface area contributed by atoms with Gasteiger partial charge in [-0.3, -0.25) is 0 Å². The largest absolute Gasteiger partial charge is 0.460 e. The molecular formula is C19H26O3. The van der Waals surface area contributed by atoms with Crippen molar-refractivity contribution < 1.29 is 14.3 Å². The maximum Gasteiger partial charge on any atom is 0.338 e. The molecule has 1 heterocycles. The fourth-order valence-electron chi connectivity index (χ4n) is 3.65. The third kappa shape index (κ3) is 3.35. The monoisotopic (exact) mass is 302 g/mol. The standard InChI is InChI=1S/C19H26O3/c1-12(2)15-10-9-13(3)11-16(15)21-19(20)18-17(22-18)14-7-5-4-6-8-14/h4-8,12-13,15-18H,9-11H2,1-3H3/t13-,15?,16+,17?,18+/m0/s1. The molecule has 0 radical (unpaired) electrons. The Balaban J connectivity index is 1.59. The summed E-state index contributed by atoms with van der Waals surface area (Å²) < 4.78 is 11.4. The fraction of sp³-hybridized carbons (Fsp3) is 0.632. The van der Waals surface area contributed by atoms with Crippen LogP contribution in [-0.4, -0.2) is 18.2 Å². The Morgan fingerprint density at radius 1 is 1.23 bits per heavy atom. The molecule has 3 heteroatoms. The molecule has 0 bridgehead atoms. The van der Waals surface area contributed by atoms with Gasteiger partial charge in [0.1, 0.15) is 12.2 Å². The van der Waals surface area contributed by atoms with Gasteiger partial charge in [0.2, 0.25) is 0 Å². The summed E-state index contributed by atoms with van der Waals surface area (Å²) in [6, 6.07) is 9.90. The molecule has 1 aromatic carbocycles. The van der Waals surface area contributed by atoms with Gasteiger partial charge >= 0.3 is 5.97 Å². The van der Waals surface area contributed by atoms with E-state index in [4.69, 9.17) is 9.47 Å². The minimum atomic E-state index is -0.410. The first-order valence-electron chi connectivity index (χ1n) is 8.47. The summed E-state index contributed by atoms with van der Waals surface area (Å²) in [7, 11) is 0. The smallest absolute Gasteiger partial charge is 0.338 e. The van der Waals surface area contributed by atoms with Crippen LogP contribution in [0.25, 0.3) is 0 Å². The molecule has 1 aliphatic heterocycles. The van der Waals surface area contributed by atoms with Crippen molar-refractivity contribution in [2.24, 2.45) is 17.8 Å². The van der Waals surface area contributed by atoms with Gasteiger partial charge in [0.05, 0.1) is 0 Å². The number of carbonyl (C=O) groups excluding carboxylic acids is 1. The highest BCUT2D eigenvalue weighted by molar-refractivity contribution is 5.78. The number of hydrogen-bond donors (Lipinski definition) is 0. The van der Waals surface area contributed by atoms with Crippen LogP contribution in [0.1, 0.15) is 51.7 Å². The summed E-state index contributed by atoms with van der Waals surface area (Å²) in [4.78, 5) is 12.4. The average molecular weight is 302 g/mol. The van der Waals surface area contributed by atoms with E-state index >= 15 is 0 Å². The SMILES string of the molecule is CC(C)C1CC[C@H](C)C[C@H]1OC(=O)[C@@H]1OC1c1ccccc1. The van der Waals surface area contributed by atoms with Gasteiger partial charge in [0.15, 0.2) is 6.10 Å². The lowest BCUT2D eigenvalue weighted by Gasteiger charge is -2.36. The molecule has 3 nitrogen and oxygen atoms in total. The second kappa shape index (κ2) is 6.41. The van der Waals surface area contributed by atoms with Crippen molar-refractivity contribution in [2.45, 2.75) is 58.3 Å². The molecule has 2 unspecified atom stereocenters. The number of carbonyl (C=O) groups is 1. The van der Waals surface area contributed by atoms with Gasteiger partial charge in [0, 0.05) is 0 Å². The molecular weight excluding hydrogens is 276 g/mol. The van der Waals surface area contributed by atoms with E-state index < -0.39 is 6.10 Å². The van der Waals surface area contributed by atoms with E-state index in [2.05, 4.69) is 20.8 Å². The Bertz CT molecular complexity index is 511. The summed E-state index contributed by atoms with van der Waals surface area (Å²) in [5, 5.41) is 0. The van der Waals surface area contributed by atoms with Crippen LogP contribution in [0.2, 0.25) is 0 Å². The minimum absolute atomic E-state index is 0.0527. The first-order valence-corrected chi connectivity index (χ1v) is 8.47. The lowest BCUT2D eigenvalue weighted by molar-refractivity contribution is -0.157. The predicted octanol–water partition coefficient (Wildman–Crippen LogP) is 4.13. The lowest BCUT2D eigenvalue weighted by atomic mass is 9.75. The number of epoxide rings is 1. The number of esters is 1. The van der Waals surface area contributed by atoms with E-state index in [0.29, 0.717) is 17.8 Å². The van der Waals surface area contributed by atoms with Crippen LogP contribution in [-0.2, 0) is 14.3 Å². The Morgan fingerprint density at radius 2 is 1.95 bits per heavy atom. The van der Waals surface area contributed by atoms with Crippen LogP contribution in [0.15, 0.2) is 30.3 Å². The van der Waals surface area contributed by atoms with E-state index in [9.17, 15) is 4.79 Å². The maximum absolute atomic E-state index is 12.4. The molecule has 1 saturated carbocycles. The van der Waals surface area contributed by atoms with Crippen LogP contribution in [0.5, 0.6) is 0 Å². The van der Waals surface area contributed by atoms with E-state index in [1.807, 2.05) is 30.3 Å². The molecule has 3 rings (SSSR count). The molecule has 0 N–H and O–H groups in total. The van der Waals surface area contributed by atoms with Gasteiger partial charge < -0.3 is 9.47 Å². The van der Waals surface area contributed by atoms with Crippen molar-refractivity contribution in [3.05, 3.63) is 35.9 Å². The Morgan fingerprint density at radius 3 is 2.64 bits per heavy atom. The highest BCUT2D eigenvalue weighted by Gasteiger charge is 2.48. The molecule has 0 aromatic heterocycles. The summed E-state index contributed by atoms with van der Waals surface area (Å²) in [6.07, 6.45) is 2.90. The molecule has 1 saturated heterocycles. The molecule has 0 amide bonds. The van der Waals surface area contributed by atoms with E-state index in [1.165, 1.54) is 6.42 Å². The van der Waals surface area contributed by atoms with Gasteiger partial charge in [-0.2, -0.15) is 0 Å². The Kier molecular flexibility index (Phi) is 4.53. The zero-order valence-electron chi connectivity index (χ0n) is 13.7. The first kappa shape index (κ1) is 15.5. The Hall–Kier alpha value is -1.35. The minimum Gasteiger partial charge on any atom is -0.460 e. The van der Waals surface area contributed by atoms with E-state index in [1.54, 1.807) is 0 Å². The topological polar surface area (TPSA) is 38.8 Å². The van der Waals surface area contributed by atoms with Gasteiger partial charge in [0.25, 0.3) is 0 Å². The first-order chi connectivity index (χ1) is 10.6. The van der Waals surface area contributed by atoms with Crippen molar-refractivity contribution in [1.29, 1.82) is 0 Å². The zero-order valence-corrected chi connectivity index (χ0v) is 13.7. The molecule has 2 aliphatic rings. The van der Waals surface area contributed by atoms with Gasteiger partial charge in [-0.15, -0.1) is 0 Å². The van der Waals surface area contributed by atoms with Gasteiger partial charge in [-0.25, -0.2) is 4.79 Å². The third-order valence-electron chi connectivity index (χ3n) is 5.08. The fourth-order valence-corrected chi connectivity index (χ4v) is 3.65. The van der Waals surface area contributed by atoms with Crippen LogP contribution in [0, 0.1) is 17.8 Å². The second-order valence-electron chi connectivity index (χ2n) is 7.19. The average Bonchev–Trinajstić information content (AvgIpc) is 3.28. The molecule has 22 heavy (non-hydrogen) atoms. The highest BCUT2D eigenvalue weighted by atomic mass is 16.6. The number of hydrogen-bond acceptors (Lipinski definition) is 3. The highest BCUT2D eigenvalue weighted by Crippen LogP contribution is 2.41. The van der Waals surface area contributed by atoms with Crippen LogP contribution in [0.3, 0.4) is 0 Å². The van der Waals surface area contributed by atoms with Crippen molar-refractivity contribution in [3.8, 4) is 0 Å². The molecule has 120 valence electrons. The molecule has 2 fully saturated rings. The van der Waals surface area contributed by atoms with E-state index in [-0.39, 0.29) is 18.2 Å². The summed E-state index contributed by atoms with van der Waals surface area (Å²) in [6.45, 7) is 6.70. The van der Waals surface area contributed by atoms with Crippen LogP contribution in [0.4, 0.5) is 0 Å². The molecule has 0 spiro atoms. The number of rotatable bonds is 4.